The molecule has 29 heavy (non-hydrogen) atoms. The fourth-order valence-corrected chi connectivity index (χ4v) is 2.65. The van der Waals surface area contributed by atoms with E-state index >= 15 is 0 Å². The van der Waals surface area contributed by atoms with Crippen LogP contribution in [-0.4, -0.2) is 17.0 Å². The Morgan fingerprint density at radius 2 is 1.90 bits per heavy atom. The van der Waals surface area contributed by atoms with Gasteiger partial charge in [0.25, 0.3) is 0 Å². The van der Waals surface area contributed by atoms with Gasteiger partial charge in [0.15, 0.2) is 17.5 Å². The smallest absolute Gasteiger partial charge is 0.356 e. The van der Waals surface area contributed by atoms with Crippen molar-refractivity contribution in [2.24, 2.45) is 0 Å². The number of halogens is 4. The maximum absolute atomic E-state index is 12.9. The second kappa shape index (κ2) is 8.34. The number of aromatic nitrogens is 1. The van der Waals surface area contributed by atoms with Gasteiger partial charge >= 0.3 is 6.18 Å². The van der Waals surface area contributed by atoms with Crippen LogP contribution in [0.25, 0.3) is 11.3 Å². The average molecular weight is 421 g/mol. The minimum atomic E-state index is -4.60. The van der Waals surface area contributed by atoms with Crippen LogP contribution < -0.4 is 10.9 Å². The van der Waals surface area contributed by atoms with Crippen molar-refractivity contribution in [2.45, 2.75) is 12.2 Å². The number of hydrazine groups is 1. The lowest BCUT2D eigenvalue weighted by atomic mass is 10.1. The van der Waals surface area contributed by atoms with E-state index in [1.165, 1.54) is 12.1 Å². The summed E-state index contributed by atoms with van der Waals surface area (Å²) in [5.74, 6) is -0.382. The van der Waals surface area contributed by atoms with Crippen molar-refractivity contribution >= 4 is 23.1 Å². The van der Waals surface area contributed by atoms with Crippen LogP contribution in [0.15, 0.2) is 59.1 Å². The van der Waals surface area contributed by atoms with E-state index in [4.69, 9.17) is 16.1 Å². The van der Waals surface area contributed by atoms with Crippen LogP contribution in [0, 0.1) is 11.3 Å². The zero-order chi connectivity index (χ0) is 21.0. The Morgan fingerprint density at radius 3 is 2.55 bits per heavy atom. The molecule has 1 heterocycles. The summed E-state index contributed by atoms with van der Waals surface area (Å²) in [5.41, 5.74) is 4.32. The van der Waals surface area contributed by atoms with Crippen LogP contribution in [0.2, 0.25) is 5.02 Å². The maximum atomic E-state index is 12.9. The van der Waals surface area contributed by atoms with Crippen molar-refractivity contribution in [2.75, 3.05) is 5.43 Å². The molecule has 2 N–H and O–H groups in total. The molecule has 0 bridgehead atoms. The number of nitriles is 1. The standard InChI is InChI=1S/C19H12ClF3N4O2/c20-13-6-12(19(21,22)23)7-14(8-13)25-26-16(10-24)18(28)15-9-17(29-27-15)11-4-2-1-3-5-11/h1-9,16,25-26H. The molecule has 3 aromatic rings. The van der Waals surface area contributed by atoms with Gasteiger partial charge in [-0.3, -0.25) is 4.79 Å². The number of hydrogen-bond acceptors (Lipinski definition) is 6. The highest BCUT2D eigenvalue weighted by Gasteiger charge is 2.31. The number of rotatable bonds is 6. The zero-order valence-corrected chi connectivity index (χ0v) is 15.3. The Balaban J connectivity index is 1.73. The van der Waals surface area contributed by atoms with Crippen molar-refractivity contribution in [3.8, 4) is 17.4 Å². The molecule has 0 saturated carbocycles. The summed E-state index contributed by atoms with van der Waals surface area (Å²) in [4.78, 5) is 12.5. The van der Waals surface area contributed by atoms with Gasteiger partial charge in [-0.25, -0.2) is 5.43 Å². The van der Waals surface area contributed by atoms with Gasteiger partial charge < -0.3 is 9.95 Å². The van der Waals surface area contributed by atoms with Crippen molar-refractivity contribution in [1.29, 1.82) is 5.26 Å². The van der Waals surface area contributed by atoms with Gasteiger partial charge in [-0.1, -0.05) is 47.1 Å². The number of nitrogens with one attached hydrogen (secondary N) is 2. The number of nitrogens with zero attached hydrogens (tertiary/aromatic N) is 2. The SMILES string of the molecule is N#CC(NNc1cc(Cl)cc(C(F)(F)F)c1)C(=O)c1cc(-c2ccccc2)on1. The molecule has 0 aliphatic heterocycles. The molecule has 0 spiro atoms. The van der Waals surface area contributed by atoms with E-state index in [2.05, 4.69) is 16.0 Å². The van der Waals surface area contributed by atoms with Crippen LogP contribution in [0.1, 0.15) is 16.1 Å². The Bertz CT molecular complexity index is 1060. The van der Waals surface area contributed by atoms with E-state index in [0.717, 1.165) is 12.1 Å². The minimum Gasteiger partial charge on any atom is -0.356 e. The molecule has 1 aromatic heterocycles. The molecule has 2 aromatic carbocycles. The highest BCUT2D eigenvalue weighted by Crippen LogP contribution is 2.33. The molecule has 10 heteroatoms. The number of benzene rings is 2. The summed E-state index contributed by atoms with van der Waals surface area (Å²) in [7, 11) is 0. The summed E-state index contributed by atoms with van der Waals surface area (Å²) in [6.07, 6.45) is -4.60. The van der Waals surface area contributed by atoms with Crippen LogP contribution in [0.3, 0.4) is 0 Å². The van der Waals surface area contributed by atoms with E-state index < -0.39 is 23.6 Å². The van der Waals surface area contributed by atoms with Crippen molar-refractivity contribution in [3.05, 3.63) is 70.9 Å². The fourth-order valence-electron chi connectivity index (χ4n) is 2.42. The van der Waals surface area contributed by atoms with Crippen molar-refractivity contribution < 1.29 is 22.5 Å². The number of Topliss-reactive ketones (excluding diaryl/α,β-unsaturated/α-hetero) is 1. The molecular weight excluding hydrogens is 409 g/mol. The van der Waals surface area contributed by atoms with Gasteiger partial charge in [0.1, 0.15) is 0 Å². The van der Waals surface area contributed by atoms with Crippen LogP contribution >= 0.6 is 11.6 Å². The van der Waals surface area contributed by atoms with Crippen LogP contribution in [0.5, 0.6) is 0 Å². The second-order valence-electron chi connectivity index (χ2n) is 5.86. The molecule has 3 rings (SSSR count). The Morgan fingerprint density at radius 1 is 1.17 bits per heavy atom. The molecular formula is C19H12ClF3N4O2. The molecule has 148 valence electrons. The van der Waals surface area contributed by atoms with Gasteiger partial charge in [-0.2, -0.15) is 18.4 Å². The summed E-state index contributed by atoms with van der Waals surface area (Å²) >= 11 is 5.70. The lowest BCUT2D eigenvalue weighted by Gasteiger charge is -2.14. The summed E-state index contributed by atoms with van der Waals surface area (Å²) in [5, 5.41) is 12.8. The number of carbonyl (C=O) groups excluding carboxylic acids is 1. The first-order valence-corrected chi connectivity index (χ1v) is 8.51. The highest BCUT2D eigenvalue weighted by atomic mass is 35.5. The van der Waals surface area contributed by atoms with Crippen LogP contribution in [0.4, 0.5) is 18.9 Å². The Hall–Kier alpha value is -3.35. The van der Waals surface area contributed by atoms with E-state index in [9.17, 15) is 23.2 Å². The molecule has 0 saturated heterocycles. The van der Waals surface area contributed by atoms with E-state index in [1.807, 2.05) is 6.07 Å². The number of carbonyl (C=O) groups is 1. The minimum absolute atomic E-state index is 0.0667. The van der Waals surface area contributed by atoms with Gasteiger partial charge in [0, 0.05) is 16.7 Å². The second-order valence-corrected chi connectivity index (χ2v) is 6.30. The third-order valence-electron chi connectivity index (χ3n) is 3.80. The number of hydrogen-bond donors (Lipinski definition) is 2. The summed E-state index contributed by atoms with van der Waals surface area (Å²) in [6.45, 7) is 0. The first-order valence-electron chi connectivity index (χ1n) is 8.13. The quantitative estimate of drug-likeness (QED) is 0.443. The highest BCUT2D eigenvalue weighted by molar-refractivity contribution is 6.30. The molecule has 0 aliphatic rings. The molecule has 0 aliphatic carbocycles. The lowest BCUT2D eigenvalue weighted by molar-refractivity contribution is -0.137. The van der Waals surface area contributed by atoms with E-state index in [0.29, 0.717) is 11.3 Å². The third kappa shape index (κ3) is 4.93. The number of anilines is 1. The molecule has 0 fully saturated rings. The predicted octanol–water partition coefficient (Wildman–Crippen LogP) is 4.71. The van der Waals surface area contributed by atoms with E-state index in [1.54, 1.807) is 30.3 Å². The lowest BCUT2D eigenvalue weighted by Crippen LogP contribution is -2.39. The average Bonchev–Trinajstić information content (AvgIpc) is 3.18. The summed E-state index contributed by atoms with van der Waals surface area (Å²) < 4.78 is 43.7. The number of ketones is 1. The maximum Gasteiger partial charge on any atom is 0.416 e. The van der Waals surface area contributed by atoms with Gasteiger partial charge in [0.2, 0.25) is 5.78 Å². The largest absolute Gasteiger partial charge is 0.416 e. The van der Waals surface area contributed by atoms with Gasteiger partial charge in [-0.15, -0.1) is 0 Å². The van der Waals surface area contributed by atoms with Crippen molar-refractivity contribution in [1.82, 2.24) is 10.6 Å². The van der Waals surface area contributed by atoms with Gasteiger partial charge in [0.05, 0.1) is 17.3 Å². The zero-order valence-electron chi connectivity index (χ0n) is 14.5. The Labute approximate surface area is 167 Å². The van der Waals surface area contributed by atoms with Crippen molar-refractivity contribution in [3.63, 3.8) is 0 Å². The molecule has 6 nitrogen and oxygen atoms in total. The van der Waals surface area contributed by atoms with E-state index in [-0.39, 0.29) is 16.4 Å². The predicted molar refractivity (Wildman–Crippen MR) is 98.9 cm³/mol. The topological polar surface area (TPSA) is 91.0 Å². The fraction of sp³-hybridized carbons (Fsp3) is 0.105. The first kappa shape index (κ1) is 20.4. The number of alkyl halides is 3. The monoisotopic (exact) mass is 420 g/mol. The molecule has 0 radical (unpaired) electrons. The molecule has 1 atom stereocenters. The third-order valence-corrected chi connectivity index (χ3v) is 4.02. The molecule has 0 amide bonds. The normalized spacial score (nSPS) is 12.2. The molecule has 1 unspecified atom stereocenters. The Kier molecular flexibility index (Phi) is 5.87. The van der Waals surface area contributed by atoms with Crippen LogP contribution in [-0.2, 0) is 6.18 Å². The first-order chi connectivity index (χ1) is 13.8. The summed E-state index contributed by atoms with van der Waals surface area (Å²) in [6, 6.07) is 13.3. The van der Waals surface area contributed by atoms with Gasteiger partial charge in [-0.05, 0) is 18.2 Å².